The molecule has 1 aromatic heterocycles. The van der Waals surface area contributed by atoms with Crippen LogP contribution in [0, 0.1) is 0 Å². The van der Waals surface area contributed by atoms with Gasteiger partial charge in [-0.2, -0.15) is 0 Å². The summed E-state index contributed by atoms with van der Waals surface area (Å²) in [6.45, 7) is 0. The van der Waals surface area contributed by atoms with Gasteiger partial charge in [0, 0.05) is 5.56 Å². The Bertz CT molecular complexity index is 2270. The van der Waals surface area contributed by atoms with Crippen LogP contribution in [0.4, 0.5) is 0 Å². The zero-order valence-corrected chi connectivity index (χ0v) is 21.0. The molecule has 182 valence electrons. The second kappa shape index (κ2) is 8.41. The van der Waals surface area contributed by atoms with Gasteiger partial charge < -0.3 is 4.42 Å². The van der Waals surface area contributed by atoms with E-state index < -0.39 is 0 Å². The monoisotopic (exact) mass is 498 g/mol. The fourth-order valence-electron chi connectivity index (χ4n) is 6.00. The highest BCUT2D eigenvalue weighted by Gasteiger charge is 2.14. The van der Waals surface area contributed by atoms with Crippen molar-refractivity contribution in [3.05, 3.63) is 144 Å². The Morgan fingerprint density at radius 3 is 1.67 bits per heavy atom. The number of rotatable bonds is 2. The lowest BCUT2D eigenvalue weighted by Gasteiger charge is -2.13. The maximum absolute atomic E-state index is 13.2. The van der Waals surface area contributed by atoms with Gasteiger partial charge in [0.1, 0.15) is 11.2 Å². The van der Waals surface area contributed by atoms with Gasteiger partial charge in [0.15, 0.2) is 0 Å². The summed E-state index contributed by atoms with van der Waals surface area (Å²) in [5, 5.41) is 8.77. The van der Waals surface area contributed by atoms with Gasteiger partial charge in [-0.25, -0.2) is 0 Å². The van der Waals surface area contributed by atoms with Crippen LogP contribution in [-0.4, -0.2) is 0 Å². The van der Waals surface area contributed by atoms with Gasteiger partial charge in [0.05, 0.1) is 10.8 Å². The SMILES string of the molecule is O=c1c2ccccc2oc2c(-c3cccc(-c4ccc5c6ccccc6c6ccccc6c5c4)c3)cccc12. The van der Waals surface area contributed by atoms with Crippen molar-refractivity contribution in [1.29, 1.82) is 0 Å². The predicted molar refractivity (Wildman–Crippen MR) is 163 cm³/mol. The summed E-state index contributed by atoms with van der Waals surface area (Å²) in [7, 11) is 0. The van der Waals surface area contributed by atoms with Crippen molar-refractivity contribution < 1.29 is 4.42 Å². The summed E-state index contributed by atoms with van der Waals surface area (Å²) in [6, 6.07) is 45.8. The maximum atomic E-state index is 13.2. The molecule has 2 heteroatoms. The Morgan fingerprint density at radius 1 is 0.385 bits per heavy atom. The smallest absolute Gasteiger partial charge is 0.200 e. The lowest BCUT2D eigenvalue weighted by molar-refractivity contribution is 0.661. The van der Waals surface area contributed by atoms with E-state index in [9.17, 15) is 4.79 Å². The van der Waals surface area contributed by atoms with E-state index in [0.717, 1.165) is 22.3 Å². The average Bonchev–Trinajstić information content (AvgIpc) is 3.01. The molecule has 0 amide bonds. The first-order valence-electron chi connectivity index (χ1n) is 13.1. The van der Waals surface area contributed by atoms with E-state index in [1.807, 2.05) is 42.5 Å². The van der Waals surface area contributed by atoms with E-state index in [4.69, 9.17) is 4.42 Å². The molecule has 7 aromatic carbocycles. The number of hydrogen-bond acceptors (Lipinski definition) is 2. The number of hydrogen-bond donors (Lipinski definition) is 0. The highest BCUT2D eigenvalue weighted by molar-refractivity contribution is 6.25. The molecule has 0 fully saturated rings. The van der Waals surface area contributed by atoms with E-state index in [1.54, 1.807) is 0 Å². The molecule has 39 heavy (non-hydrogen) atoms. The number of benzene rings is 7. The van der Waals surface area contributed by atoms with Crippen molar-refractivity contribution in [2.45, 2.75) is 0 Å². The largest absolute Gasteiger partial charge is 0.455 e. The van der Waals surface area contributed by atoms with E-state index in [1.165, 1.54) is 32.3 Å². The maximum Gasteiger partial charge on any atom is 0.200 e. The molecule has 8 aromatic rings. The van der Waals surface area contributed by atoms with Crippen molar-refractivity contribution in [3.63, 3.8) is 0 Å². The van der Waals surface area contributed by atoms with Gasteiger partial charge in [0.25, 0.3) is 0 Å². The fourth-order valence-corrected chi connectivity index (χ4v) is 6.00. The molecule has 0 radical (unpaired) electrons. The summed E-state index contributed by atoms with van der Waals surface area (Å²) < 4.78 is 6.30. The van der Waals surface area contributed by atoms with Crippen molar-refractivity contribution in [2.24, 2.45) is 0 Å². The van der Waals surface area contributed by atoms with Crippen LogP contribution in [0.1, 0.15) is 0 Å². The first-order chi connectivity index (χ1) is 19.3. The van der Waals surface area contributed by atoms with E-state index in [-0.39, 0.29) is 5.43 Å². The summed E-state index contributed by atoms with van der Waals surface area (Å²) in [6.07, 6.45) is 0. The van der Waals surface area contributed by atoms with Crippen LogP contribution in [-0.2, 0) is 0 Å². The first kappa shape index (κ1) is 21.8. The number of para-hydroxylation sites is 2. The molecule has 0 aliphatic rings. The Hall–Kier alpha value is -5.21. The minimum absolute atomic E-state index is 0.00140. The molecule has 0 N–H and O–H groups in total. The first-order valence-corrected chi connectivity index (χ1v) is 13.1. The van der Waals surface area contributed by atoms with Crippen molar-refractivity contribution in [1.82, 2.24) is 0 Å². The van der Waals surface area contributed by atoms with Crippen molar-refractivity contribution in [2.75, 3.05) is 0 Å². The second-order valence-corrected chi connectivity index (χ2v) is 10.0. The van der Waals surface area contributed by atoms with Crippen LogP contribution >= 0.6 is 0 Å². The average molecular weight is 499 g/mol. The van der Waals surface area contributed by atoms with Gasteiger partial charge in [-0.1, -0.05) is 103 Å². The minimum atomic E-state index is -0.00140. The lowest BCUT2D eigenvalue weighted by atomic mass is 9.91. The van der Waals surface area contributed by atoms with Gasteiger partial charge >= 0.3 is 0 Å². The van der Waals surface area contributed by atoms with E-state index in [0.29, 0.717) is 21.9 Å². The third-order valence-electron chi connectivity index (χ3n) is 7.85. The molecule has 0 saturated heterocycles. The molecule has 0 aliphatic carbocycles. The summed E-state index contributed by atoms with van der Waals surface area (Å²) in [5.41, 5.74) is 5.41. The molecule has 2 nitrogen and oxygen atoms in total. The molecule has 0 saturated carbocycles. The van der Waals surface area contributed by atoms with Gasteiger partial charge in [0.2, 0.25) is 5.43 Å². The van der Waals surface area contributed by atoms with E-state index in [2.05, 4.69) is 91.0 Å². The Morgan fingerprint density at radius 2 is 0.923 bits per heavy atom. The van der Waals surface area contributed by atoms with Gasteiger partial charge in [-0.15, -0.1) is 0 Å². The zero-order valence-electron chi connectivity index (χ0n) is 21.0. The van der Waals surface area contributed by atoms with Crippen molar-refractivity contribution >= 4 is 54.3 Å². The van der Waals surface area contributed by atoms with Crippen LogP contribution in [0.15, 0.2) is 143 Å². The van der Waals surface area contributed by atoms with Crippen LogP contribution in [0.2, 0.25) is 0 Å². The van der Waals surface area contributed by atoms with Gasteiger partial charge in [-0.3, -0.25) is 4.79 Å². The van der Waals surface area contributed by atoms with Crippen LogP contribution in [0.3, 0.4) is 0 Å². The third-order valence-corrected chi connectivity index (χ3v) is 7.85. The molecule has 0 spiro atoms. The summed E-state index contributed by atoms with van der Waals surface area (Å²) in [4.78, 5) is 13.2. The Balaban J connectivity index is 1.35. The highest BCUT2D eigenvalue weighted by Crippen LogP contribution is 2.38. The summed E-state index contributed by atoms with van der Waals surface area (Å²) in [5.74, 6) is 0. The molecule has 0 unspecified atom stereocenters. The van der Waals surface area contributed by atoms with Crippen LogP contribution in [0.5, 0.6) is 0 Å². The molecule has 1 heterocycles. The molecular weight excluding hydrogens is 476 g/mol. The molecule has 8 rings (SSSR count). The molecule has 0 bridgehead atoms. The Kier molecular flexibility index (Phi) is 4.71. The zero-order chi connectivity index (χ0) is 25.9. The molecule has 0 atom stereocenters. The summed E-state index contributed by atoms with van der Waals surface area (Å²) >= 11 is 0. The lowest BCUT2D eigenvalue weighted by Crippen LogP contribution is -2.02. The molecular formula is C37H22O2. The highest BCUT2D eigenvalue weighted by atomic mass is 16.3. The second-order valence-electron chi connectivity index (χ2n) is 10.0. The minimum Gasteiger partial charge on any atom is -0.455 e. The van der Waals surface area contributed by atoms with Crippen LogP contribution in [0.25, 0.3) is 76.5 Å². The van der Waals surface area contributed by atoms with Crippen LogP contribution < -0.4 is 5.43 Å². The fraction of sp³-hybridized carbons (Fsp3) is 0. The van der Waals surface area contributed by atoms with E-state index >= 15 is 0 Å². The topological polar surface area (TPSA) is 30.2 Å². The Labute approximate surface area is 224 Å². The number of fused-ring (bicyclic) bond motifs is 8. The van der Waals surface area contributed by atoms with Gasteiger partial charge in [-0.05, 0) is 79.3 Å². The molecule has 0 aliphatic heterocycles. The quantitative estimate of drug-likeness (QED) is 0.175. The predicted octanol–water partition coefficient (Wildman–Crippen LogP) is 9.74. The standard InChI is InChI=1S/C37H22O2/c38-36-32-15-5-6-18-35(32)39-37-26(16-8-17-33(36)37)25-10-7-9-23(21-25)24-19-20-31-29-13-2-1-11-27(29)28-12-3-4-14-30(28)34(31)22-24/h1-22H. The normalized spacial score (nSPS) is 11.7. The van der Waals surface area contributed by atoms with Crippen molar-refractivity contribution in [3.8, 4) is 22.3 Å². The third kappa shape index (κ3) is 3.32.